The van der Waals surface area contributed by atoms with Gasteiger partial charge in [0.2, 0.25) is 0 Å². The van der Waals surface area contributed by atoms with E-state index in [1.165, 1.54) is 30.1 Å². The van der Waals surface area contributed by atoms with Gasteiger partial charge in [-0.2, -0.15) is 0 Å². The Hall–Kier alpha value is -2.38. The van der Waals surface area contributed by atoms with E-state index >= 15 is 0 Å². The van der Waals surface area contributed by atoms with Gasteiger partial charge in [-0.15, -0.1) is 11.3 Å². The van der Waals surface area contributed by atoms with Crippen molar-refractivity contribution >= 4 is 51.4 Å². The summed E-state index contributed by atoms with van der Waals surface area (Å²) >= 11 is 13.6. The molecule has 0 aliphatic carbocycles. The molecule has 2 heterocycles. The molecule has 160 valence electrons. The number of ether oxygens (including phenoxy) is 1. The SMILES string of the molecule is COC(=O)c1c(NC(=O)c2cc(Cl)ccc2Cl)sc2c1CCN(Cc1ccccc1)C2. The van der Waals surface area contributed by atoms with Crippen molar-refractivity contribution in [2.75, 3.05) is 19.0 Å². The molecule has 0 atom stereocenters. The number of carbonyl (C=O) groups excluding carboxylic acids is 2. The average molecular weight is 475 g/mol. The number of nitrogens with one attached hydrogen (secondary N) is 1. The van der Waals surface area contributed by atoms with E-state index in [2.05, 4.69) is 22.3 Å². The highest BCUT2D eigenvalue weighted by molar-refractivity contribution is 7.17. The second kappa shape index (κ2) is 9.40. The maximum atomic E-state index is 12.9. The van der Waals surface area contributed by atoms with Gasteiger partial charge >= 0.3 is 5.97 Å². The molecule has 0 bridgehead atoms. The predicted molar refractivity (Wildman–Crippen MR) is 124 cm³/mol. The number of carbonyl (C=O) groups is 2. The topological polar surface area (TPSA) is 58.6 Å². The Morgan fingerprint density at radius 3 is 2.68 bits per heavy atom. The van der Waals surface area contributed by atoms with Crippen LogP contribution in [0.4, 0.5) is 5.00 Å². The summed E-state index contributed by atoms with van der Waals surface area (Å²) in [6.45, 7) is 2.34. The highest BCUT2D eigenvalue weighted by atomic mass is 35.5. The summed E-state index contributed by atoms with van der Waals surface area (Å²) in [6, 6.07) is 15.0. The molecule has 1 aromatic heterocycles. The van der Waals surface area contributed by atoms with Crippen LogP contribution in [0.5, 0.6) is 0 Å². The van der Waals surface area contributed by atoms with Gasteiger partial charge in [-0.3, -0.25) is 9.69 Å². The molecular weight excluding hydrogens is 455 g/mol. The van der Waals surface area contributed by atoms with Crippen LogP contribution in [0.3, 0.4) is 0 Å². The largest absolute Gasteiger partial charge is 0.465 e. The van der Waals surface area contributed by atoms with Gasteiger partial charge in [0.25, 0.3) is 5.91 Å². The van der Waals surface area contributed by atoms with Crippen LogP contribution in [0.1, 0.15) is 36.7 Å². The summed E-state index contributed by atoms with van der Waals surface area (Å²) in [5, 5.41) is 4.02. The number of methoxy groups -OCH3 is 1. The molecule has 1 aliphatic heterocycles. The highest BCUT2D eigenvalue weighted by Gasteiger charge is 2.29. The van der Waals surface area contributed by atoms with Crippen molar-refractivity contribution in [3.63, 3.8) is 0 Å². The van der Waals surface area contributed by atoms with Crippen molar-refractivity contribution in [1.82, 2.24) is 4.90 Å². The number of anilines is 1. The molecule has 1 aliphatic rings. The van der Waals surface area contributed by atoms with Gasteiger partial charge in [0.1, 0.15) is 5.00 Å². The molecule has 0 saturated heterocycles. The summed E-state index contributed by atoms with van der Waals surface area (Å²) < 4.78 is 5.01. The summed E-state index contributed by atoms with van der Waals surface area (Å²) in [4.78, 5) is 28.8. The van der Waals surface area contributed by atoms with E-state index in [9.17, 15) is 9.59 Å². The first-order valence-corrected chi connectivity index (χ1v) is 11.3. The molecule has 2 aromatic carbocycles. The molecule has 0 saturated carbocycles. The molecule has 0 radical (unpaired) electrons. The van der Waals surface area contributed by atoms with Crippen LogP contribution in [0, 0.1) is 0 Å². The second-order valence-electron chi connectivity index (χ2n) is 7.22. The lowest BCUT2D eigenvalue weighted by Gasteiger charge is -2.27. The van der Waals surface area contributed by atoms with E-state index in [1.807, 2.05) is 18.2 Å². The average Bonchev–Trinajstić information content (AvgIpc) is 3.12. The normalized spacial score (nSPS) is 13.5. The highest BCUT2D eigenvalue weighted by Crippen LogP contribution is 2.38. The molecule has 1 amide bonds. The molecular formula is C23H20Cl2N2O3S. The van der Waals surface area contributed by atoms with Crippen molar-refractivity contribution in [2.45, 2.75) is 19.5 Å². The van der Waals surface area contributed by atoms with Gasteiger partial charge in [-0.05, 0) is 35.7 Å². The number of esters is 1. The standard InChI is InChI=1S/C23H20Cl2N2O3S/c1-30-23(29)20-16-9-10-27(12-14-5-3-2-4-6-14)13-19(16)31-22(20)26-21(28)17-11-15(24)7-8-18(17)25/h2-8,11H,9-10,12-13H2,1H3,(H,26,28). The van der Waals surface area contributed by atoms with Gasteiger partial charge < -0.3 is 10.1 Å². The number of fused-ring (bicyclic) bond motifs is 1. The zero-order chi connectivity index (χ0) is 22.0. The molecule has 8 heteroatoms. The fourth-order valence-corrected chi connectivity index (χ4v) is 5.33. The minimum absolute atomic E-state index is 0.252. The number of amides is 1. The molecule has 5 nitrogen and oxygen atoms in total. The number of hydrogen-bond acceptors (Lipinski definition) is 5. The Morgan fingerprint density at radius 2 is 1.94 bits per heavy atom. The van der Waals surface area contributed by atoms with Crippen LogP contribution in [-0.4, -0.2) is 30.4 Å². The number of benzene rings is 2. The van der Waals surface area contributed by atoms with Crippen molar-refractivity contribution in [2.24, 2.45) is 0 Å². The first-order valence-electron chi connectivity index (χ1n) is 9.71. The Balaban J connectivity index is 1.61. The minimum Gasteiger partial charge on any atom is -0.465 e. The molecule has 31 heavy (non-hydrogen) atoms. The second-order valence-corrected chi connectivity index (χ2v) is 9.17. The lowest BCUT2D eigenvalue weighted by Crippen LogP contribution is -2.29. The van der Waals surface area contributed by atoms with Crippen LogP contribution < -0.4 is 5.32 Å². The van der Waals surface area contributed by atoms with Crippen molar-refractivity contribution in [1.29, 1.82) is 0 Å². The third kappa shape index (κ3) is 4.77. The third-order valence-corrected chi connectivity index (χ3v) is 6.87. The van der Waals surface area contributed by atoms with Crippen LogP contribution in [0.2, 0.25) is 10.0 Å². The fourth-order valence-electron chi connectivity index (χ4n) is 3.68. The quantitative estimate of drug-likeness (QED) is 0.485. The van der Waals surface area contributed by atoms with E-state index in [0.717, 1.165) is 23.5 Å². The summed E-state index contributed by atoms with van der Waals surface area (Å²) in [6.07, 6.45) is 0.705. The minimum atomic E-state index is -0.457. The molecule has 0 unspecified atom stereocenters. The number of hydrogen-bond donors (Lipinski definition) is 1. The lowest BCUT2D eigenvalue weighted by molar-refractivity contribution is 0.0600. The number of nitrogens with zero attached hydrogens (tertiary/aromatic N) is 1. The number of halogens is 2. The van der Waals surface area contributed by atoms with Gasteiger partial charge in [0, 0.05) is 29.5 Å². The molecule has 0 spiro atoms. The van der Waals surface area contributed by atoms with Gasteiger partial charge in [-0.25, -0.2) is 4.79 Å². The summed E-state index contributed by atoms with van der Waals surface area (Å²) in [5.41, 5.74) is 2.85. The maximum Gasteiger partial charge on any atom is 0.341 e. The Morgan fingerprint density at radius 1 is 1.16 bits per heavy atom. The third-order valence-electron chi connectivity index (χ3n) is 5.17. The maximum absolute atomic E-state index is 12.9. The Kier molecular flexibility index (Phi) is 6.62. The van der Waals surface area contributed by atoms with E-state index in [4.69, 9.17) is 27.9 Å². The zero-order valence-electron chi connectivity index (χ0n) is 16.8. The van der Waals surface area contributed by atoms with Crippen LogP contribution in [0.15, 0.2) is 48.5 Å². The van der Waals surface area contributed by atoms with Crippen LogP contribution >= 0.6 is 34.5 Å². The molecule has 3 aromatic rings. The van der Waals surface area contributed by atoms with E-state index < -0.39 is 11.9 Å². The molecule has 4 rings (SSSR count). The Bertz CT molecular complexity index is 1130. The molecule has 1 N–H and O–H groups in total. The molecule has 0 fully saturated rings. The monoisotopic (exact) mass is 474 g/mol. The Labute approximate surface area is 194 Å². The number of rotatable bonds is 5. The van der Waals surface area contributed by atoms with Crippen LogP contribution in [-0.2, 0) is 24.2 Å². The van der Waals surface area contributed by atoms with Gasteiger partial charge in [0.05, 0.1) is 23.3 Å². The van der Waals surface area contributed by atoms with Crippen molar-refractivity contribution in [3.05, 3.63) is 85.7 Å². The lowest BCUT2D eigenvalue weighted by atomic mass is 10.0. The van der Waals surface area contributed by atoms with E-state index in [0.29, 0.717) is 28.6 Å². The first-order chi connectivity index (χ1) is 15.0. The van der Waals surface area contributed by atoms with E-state index in [1.54, 1.807) is 12.1 Å². The van der Waals surface area contributed by atoms with Crippen molar-refractivity contribution in [3.8, 4) is 0 Å². The zero-order valence-corrected chi connectivity index (χ0v) is 19.1. The summed E-state index contributed by atoms with van der Waals surface area (Å²) in [5.74, 6) is -0.876. The van der Waals surface area contributed by atoms with E-state index in [-0.39, 0.29) is 10.6 Å². The van der Waals surface area contributed by atoms with Gasteiger partial charge in [0.15, 0.2) is 0 Å². The first kappa shape index (κ1) is 21.8. The number of thiophene rings is 1. The predicted octanol–water partition coefficient (Wildman–Crippen LogP) is 5.65. The van der Waals surface area contributed by atoms with Crippen LogP contribution in [0.25, 0.3) is 0 Å². The smallest absolute Gasteiger partial charge is 0.341 e. The fraction of sp³-hybridized carbons (Fsp3) is 0.217. The van der Waals surface area contributed by atoms with Crippen molar-refractivity contribution < 1.29 is 14.3 Å². The van der Waals surface area contributed by atoms with Gasteiger partial charge in [-0.1, -0.05) is 53.5 Å². The summed E-state index contributed by atoms with van der Waals surface area (Å²) in [7, 11) is 1.34.